The Bertz CT molecular complexity index is 300. The van der Waals surface area contributed by atoms with Crippen molar-refractivity contribution in [3.05, 3.63) is 0 Å². The molecule has 0 spiro atoms. The second kappa shape index (κ2) is 7.94. The summed E-state index contributed by atoms with van der Waals surface area (Å²) < 4.78 is 5.63. The lowest BCUT2D eigenvalue weighted by Gasteiger charge is -2.46. The molecule has 0 amide bonds. The van der Waals surface area contributed by atoms with Crippen LogP contribution in [-0.4, -0.2) is 50.8 Å². The van der Waals surface area contributed by atoms with E-state index in [1.807, 2.05) is 0 Å². The van der Waals surface area contributed by atoms with Crippen LogP contribution in [0.3, 0.4) is 0 Å². The third-order valence-electron chi connectivity index (χ3n) is 5.50. The van der Waals surface area contributed by atoms with Gasteiger partial charge >= 0.3 is 0 Å². The Morgan fingerprint density at radius 2 is 2.00 bits per heavy atom. The van der Waals surface area contributed by atoms with Gasteiger partial charge in [0.1, 0.15) is 0 Å². The second-order valence-corrected chi connectivity index (χ2v) is 7.98. The summed E-state index contributed by atoms with van der Waals surface area (Å²) in [7, 11) is 2.30. The minimum Gasteiger partial charge on any atom is -0.381 e. The van der Waals surface area contributed by atoms with E-state index in [0.717, 1.165) is 31.6 Å². The predicted molar refractivity (Wildman–Crippen MR) is 89.6 cm³/mol. The zero-order chi connectivity index (χ0) is 15.3. The molecule has 21 heavy (non-hydrogen) atoms. The van der Waals surface area contributed by atoms with Crippen molar-refractivity contribution in [3.8, 4) is 0 Å². The van der Waals surface area contributed by atoms with Crippen molar-refractivity contribution in [2.45, 2.75) is 58.9 Å². The number of nitrogens with one attached hydrogen (secondary N) is 1. The average molecular weight is 296 g/mol. The molecule has 0 radical (unpaired) electrons. The Morgan fingerprint density at radius 1 is 1.19 bits per heavy atom. The molecule has 0 aromatic heterocycles. The molecular weight excluding hydrogens is 260 g/mol. The van der Waals surface area contributed by atoms with Gasteiger partial charge in [0.25, 0.3) is 0 Å². The first-order chi connectivity index (χ1) is 10.0. The second-order valence-electron chi connectivity index (χ2n) is 7.98. The van der Waals surface area contributed by atoms with Crippen LogP contribution in [0.4, 0.5) is 0 Å². The molecule has 2 rings (SSSR count). The SMILES string of the molecule is CCNC1C(CN(C)CC2CCCOC2)CCCC1(C)C. The lowest BCUT2D eigenvalue weighted by atomic mass is 9.67. The topological polar surface area (TPSA) is 24.5 Å². The monoisotopic (exact) mass is 296 g/mol. The molecule has 0 aromatic carbocycles. The van der Waals surface area contributed by atoms with Gasteiger partial charge in [-0.1, -0.05) is 27.2 Å². The van der Waals surface area contributed by atoms with Crippen LogP contribution in [0.2, 0.25) is 0 Å². The van der Waals surface area contributed by atoms with Crippen LogP contribution in [0.15, 0.2) is 0 Å². The van der Waals surface area contributed by atoms with Crippen molar-refractivity contribution in [2.75, 3.05) is 39.9 Å². The van der Waals surface area contributed by atoms with E-state index in [4.69, 9.17) is 4.74 Å². The molecule has 1 N–H and O–H groups in total. The van der Waals surface area contributed by atoms with Crippen LogP contribution in [0, 0.1) is 17.3 Å². The molecule has 0 aromatic rings. The Labute approximate surface area is 131 Å². The molecule has 1 aliphatic heterocycles. The fourth-order valence-corrected chi connectivity index (χ4v) is 4.51. The van der Waals surface area contributed by atoms with Gasteiger partial charge < -0.3 is 15.0 Å². The third-order valence-corrected chi connectivity index (χ3v) is 5.50. The third kappa shape index (κ3) is 4.94. The maximum Gasteiger partial charge on any atom is 0.0506 e. The molecule has 1 saturated carbocycles. The fourth-order valence-electron chi connectivity index (χ4n) is 4.51. The van der Waals surface area contributed by atoms with Gasteiger partial charge in [-0.25, -0.2) is 0 Å². The van der Waals surface area contributed by atoms with Gasteiger partial charge in [-0.3, -0.25) is 0 Å². The summed E-state index contributed by atoms with van der Waals surface area (Å²) >= 11 is 0. The number of nitrogens with zero attached hydrogens (tertiary/aromatic N) is 1. The zero-order valence-electron chi connectivity index (χ0n) is 14.7. The summed E-state index contributed by atoms with van der Waals surface area (Å²) in [6.07, 6.45) is 6.72. The van der Waals surface area contributed by atoms with Crippen molar-refractivity contribution in [1.82, 2.24) is 10.2 Å². The summed E-state index contributed by atoms with van der Waals surface area (Å²) in [4.78, 5) is 2.57. The van der Waals surface area contributed by atoms with Crippen LogP contribution in [0.5, 0.6) is 0 Å². The van der Waals surface area contributed by atoms with E-state index in [9.17, 15) is 0 Å². The normalized spacial score (nSPS) is 33.3. The number of rotatable bonds is 6. The van der Waals surface area contributed by atoms with Gasteiger partial charge in [0.05, 0.1) is 6.61 Å². The molecule has 1 heterocycles. The minimum absolute atomic E-state index is 0.438. The first-order valence-electron chi connectivity index (χ1n) is 9.02. The van der Waals surface area contributed by atoms with E-state index in [1.165, 1.54) is 45.2 Å². The van der Waals surface area contributed by atoms with Gasteiger partial charge in [0.2, 0.25) is 0 Å². The summed E-state index contributed by atoms with van der Waals surface area (Å²) in [6.45, 7) is 12.6. The Kier molecular flexibility index (Phi) is 6.51. The average Bonchev–Trinajstić information content (AvgIpc) is 2.43. The largest absolute Gasteiger partial charge is 0.381 e. The van der Waals surface area contributed by atoms with Crippen molar-refractivity contribution in [2.24, 2.45) is 17.3 Å². The molecule has 3 nitrogen and oxygen atoms in total. The minimum atomic E-state index is 0.438. The molecule has 0 bridgehead atoms. The molecular formula is C18H36N2O. The van der Waals surface area contributed by atoms with Gasteiger partial charge in [-0.05, 0) is 56.5 Å². The van der Waals surface area contributed by atoms with Crippen molar-refractivity contribution < 1.29 is 4.74 Å². The van der Waals surface area contributed by atoms with Crippen LogP contribution in [0.25, 0.3) is 0 Å². The maximum atomic E-state index is 5.63. The Morgan fingerprint density at radius 3 is 2.67 bits per heavy atom. The smallest absolute Gasteiger partial charge is 0.0506 e. The van der Waals surface area contributed by atoms with E-state index in [-0.39, 0.29) is 0 Å². The molecule has 3 unspecified atom stereocenters. The quantitative estimate of drug-likeness (QED) is 0.815. The lowest BCUT2D eigenvalue weighted by Crippen LogP contribution is -2.52. The van der Waals surface area contributed by atoms with Crippen LogP contribution in [0.1, 0.15) is 52.9 Å². The number of hydrogen-bond donors (Lipinski definition) is 1. The summed E-state index contributed by atoms with van der Waals surface area (Å²) in [6, 6.07) is 0.668. The summed E-state index contributed by atoms with van der Waals surface area (Å²) in [5, 5.41) is 3.78. The molecule has 2 aliphatic rings. The lowest BCUT2D eigenvalue weighted by molar-refractivity contribution is 0.0325. The Balaban J connectivity index is 1.86. The molecule has 1 saturated heterocycles. The molecule has 124 valence electrons. The predicted octanol–water partition coefficient (Wildman–Crippen LogP) is 3.15. The van der Waals surface area contributed by atoms with E-state index in [0.29, 0.717) is 11.5 Å². The van der Waals surface area contributed by atoms with E-state index in [2.05, 4.69) is 38.0 Å². The zero-order valence-corrected chi connectivity index (χ0v) is 14.7. The first kappa shape index (κ1) is 17.2. The van der Waals surface area contributed by atoms with Crippen molar-refractivity contribution >= 4 is 0 Å². The highest BCUT2D eigenvalue weighted by Crippen LogP contribution is 2.39. The van der Waals surface area contributed by atoms with Gasteiger partial charge in [-0.15, -0.1) is 0 Å². The summed E-state index contributed by atoms with van der Waals surface area (Å²) in [5.74, 6) is 1.54. The molecule has 2 fully saturated rings. The highest BCUT2D eigenvalue weighted by Gasteiger charge is 2.38. The molecule has 3 atom stereocenters. The molecule has 3 heteroatoms. The standard InChI is InChI=1S/C18H36N2O/c1-5-19-17-16(9-6-10-18(17,2)3)13-20(4)12-15-8-7-11-21-14-15/h15-17,19H,5-14H2,1-4H3. The summed E-state index contributed by atoms with van der Waals surface area (Å²) in [5.41, 5.74) is 0.438. The van der Waals surface area contributed by atoms with Crippen molar-refractivity contribution in [1.29, 1.82) is 0 Å². The van der Waals surface area contributed by atoms with Crippen LogP contribution in [-0.2, 0) is 4.74 Å². The van der Waals surface area contributed by atoms with Crippen molar-refractivity contribution in [3.63, 3.8) is 0 Å². The van der Waals surface area contributed by atoms with Gasteiger partial charge in [0.15, 0.2) is 0 Å². The van der Waals surface area contributed by atoms with Gasteiger partial charge in [-0.2, -0.15) is 0 Å². The van der Waals surface area contributed by atoms with Crippen LogP contribution < -0.4 is 5.32 Å². The van der Waals surface area contributed by atoms with E-state index < -0.39 is 0 Å². The number of ether oxygens (including phenoxy) is 1. The Hall–Kier alpha value is -0.120. The highest BCUT2D eigenvalue weighted by molar-refractivity contribution is 4.94. The first-order valence-corrected chi connectivity index (χ1v) is 9.02. The van der Waals surface area contributed by atoms with Crippen LogP contribution >= 0.6 is 0 Å². The van der Waals surface area contributed by atoms with Gasteiger partial charge in [0, 0.05) is 25.7 Å². The maximum absolute atomic E-state index is 5.63. The highest BCUT2D eigenvalue weighted by atomic mass is 16.5. The molecule has 1 aliphatic carbocycles. The van der Waals surface area contributed by atoms with E-state index in [1.54, 1.807) is 0 Å². The fraction of sp³-hybridized carbons (Fsp3) is 1.00. The van der Waals surface area contributed by atoms with E-state index >= 15 is 0 Å². The number of hydrogen-bond acceptors (Lipinski definition) is 3.